The van der Waals surface area contributed by atoms with E-state index in [0.717, 1.165) is 31.2 Å². The van der Waals surface area contributed by atoms with Gasteiger partial charge in [-0.2, -0.15) is 5.26 Å². The van der Waals surface area contributed by atoms with E-state index >= 15 is 0 Å². The smallest absolute Gasteiger partial charge is 0.119 e. The summed E-state index contributed by atoms with van der Waals surface area (Å²) in [5.74, 6) is 1.75. The minimum absolute atomic E-state index is 0.676. The lowest BCUT2D eigenvalue weighted by atomic mass is 9.99. The van der Waals surface area contributed by atoms with Crippen LogP contribution in [0.1, 0.15) is 31.7 Å². The summed E-state index contributed by atoms with van der Waals surface area (Å²) in [5, 5.41) is 8.71. The number of piperidine rings is 1. The Morgan fingerprint density at radius 1 is 1.26 bits per heavy atom. The zero-order valence-corrected chi connectivity index (χ0v) is 11.6. The molecule has 0 saturated carbocycles. The normalized spacial score (nSPS) is 17.1. The van der Waals surface area contributed by atoms with Crippen LogP contribution in [0, 0.1) is 17.2 Å². The Morgan fingerprint density at radius 3 is 2.58 bits per heavy atom. The Morgan fingerprint density at radius 2 is 1.95 bits per heavy atom. The Hall–Kier alpha value is -1.53. The highest BCUT2D eigenvalue weighted by molar-refractivity contribution is 5.34. The third kappa shape index (κ3) is 4.57. The van der Waals surface area contributed by atoms with Gasteiger partial charge >= 0.3 is 0 Å². The summed E-state index contributed by atoms with van der Waals surface area (Å²) in [7, 11) is 0. The molecule has 1 aliphatic heterocycles. The van der Waals surface area contributed by atoms with Crippen molar-refractivity contribution >= 4 is 0 Å². The molecule has 1 aliphatic rings. The zero-order valence-electron chi connectivity index (χ0n) is 11.6. The molecule has 1 aromatic rings. The number of nitrogens with zero attached hydrogens (tertiary/aromatic N) is 2. The van der Waals surface area contributed by atoms with Crippen molar-refractivity contribution in [1.82, 2.24) is 4.90 Å². The van der Waals surface area contributed by atoms with E-state index in [4.69, 9.17) is 10.00 Å². The summed E-state index contributed by atoms with van der Waals surface area (Å²) in [6.07, 6.45) is 3.72. The molecule has 19 heavy (non-hydrogen) atoms. The second-order valence-electron chi connectivity index (χ2n) is 5.36. The van der Waals surface area contributed by atoms with Crippen LogP contribution in [-0.4, -0.2) is 31.1 Å². The third-order valence-corrected chi connectivity index (χ3v) is 3.75. The third-order valence-electron chi connectivity index (χ3n) is 3.75. The van der Waals surface area contributed by atoms with E-state index in [1.54, 1.807) is 12.1 Å². The maximum absolute atomic E-state index is 8.71. The van der Waals surface area contributed by atoms with Crippen LogP contribution in [0.4, 0.5) is 0 Å². The fourth-order valence-electron chi connectivity index (χ4n) is 2.39. The standard InChI is InChI=1S/C16H22N2O/c1-14-7-10-18(11-8-14)9-2-12-19-16-5-3-15(13-17)4-6-16/h3-6,14H,2,7-12H2,1H3. The van der Waals surface area contributed by atoms with Crippen LogP contribution >= 0.6 is 0 Å². The first-order valence-corrected chi connectivity index (χ1v) is 7.13. The van der Waals surface area contributed by atoms with E-state index in [-0.39, 0.29) is 0 Å². The Balaban J connectivity index is 1.62. The summed E-state index contributed by atoms with van der Waals surface area (Å²) in [6, 6.07) is 9.42. The molecule has 0 aliphatic carbocycles. The van der Waals surface area contributed by atoms with Crippen molar-refractivity contribution in [1.29, 1.82) is 5.26 Å². The summed E-state index contributed by atoms with van der Waals surface area (Å²) < 4.78 is 5.68. The van der Waals surface area contributed by atoms with E-state index in [2.05, 4.69) is 17.9 Å². The number of hydrogen-bond donors (Lipinski definition) is 0. The van der Waals surface area contributed by atoms with Crippen LogP contribution in [0.15, 0.2) is 24.3 Å². The molecule has 0 spiro atoms. The van der Waals surface area contributed by atoms with Gasteiger partial charge < -0.3 is 9.64 Å². The Kier molecular flexibility index (Phi) is 5.23. The summed E-state index contributed by atoms with van der Waals surface area (Å²) in [5.41, 5.74) is 0.676. The van der Waals surface area contributed by atoms with E-state index in [1.807, 2.05) is 12.1 Å². The van der Waals surface area contributed by atoms with Gasteiger partial charge in [-0.25, -0.2) is 0 Å². The maximum atomic E-state index is 8.71. The van der Waals surface area contributed by atoms with Crippen LogP contribution in [0.2, 0.25) is 0 Å². The molecule has 1 fully saturated rings. The van der Waals surface area contributed by atoms with Gasteiger partial charge in [0.1, 0.15) is 5.75 Å². The van der Waals surface area contributed by atoms with Crippen molar-refractivity contribution in [2.75, 3.05) is 26.2 Å². The molecule has 0 aromatic heterocycles. The minimum atomic E-state index is 0.676. The van der Waals surface area contributed by atoms with Gasteiger partial charge in [-0.05, 0) is 62.5 Å². The van der Waals surface area contributed by atoms with Gasteiger partial charge in [0.2, 0.25) is 0 Å². The molecule has 0 atom stereocenters. The first-order chi connectivity index (χ1) is 9.28. The Bertz CT molecular complexity index is 413. The highest BCUT2D eigenvalue weighted by atomic mass is 16.5. The van der Waals surface area contributed by atoms with Crippen molar-refractivity contribution in [2.24, 2.45) is 5.92 Å². The topological polar surface area (TPSA) is 36.3 Å². The average Bonchev–Trinajstić information content (AvgIpc) is 2.46. The molecule has 2 rings (SSSR count). The molecule has 0 bridgehead atoms. The van der Waals surface area contributed by atoms with Gasteiger partial charge in [0.05, 0.1) is 18.2 Å². The van der Waals surface area contributed by atoms with E-state index in [0.29, 0.717) is 5.56 Å². The van der Waals surface area contributed by atoms with Crippen molar-refractivity contribution in [3.63, 3.8) is 0 Å². The number of rotatable bonds is 5. The summed E-state index contributed by atoms with van der Waals surface area (Å²) in [4.78, 5) is 2.53. The molecular weight excluding hydrogens is 236 g/mol. The van der Waals surface area contributed by atoms with Crippen LogP contribution in [0.5, 0.6) is 5.75 Å². The zero-order chi connectivity index (χ0) is 13.5. The molecule has 3 heteroatoms. The van der Waals surface area contributed by atoms with Gasteiger partial charge in [0.15, 0.2) is 0 Å². The molecule has 0 radical (unpaired) electrons. The number of likely N-dealkylation sites (tertiary alicyclic amines) is 1. The van der Waals surface area contributed by atoms with E-state index in [1.165, 1.54) is 25.9 Å². The molecule has 1 aromatic carbocycles. The van der Waals surface area contributed by atoms with Gasteiger partial charge in [-0.3, -0.25) is 0 Å². The van der Waals surface area contributed by atoms with Gasteiger partial charge in [-0.15, -0.1) is 0 Å². The molecule has 1 heterocycles. The molecule has 0 N–H and O–H groups in total. The van der Waals surface area contributed by atoms with Crippen LogP contribution in [0.3, 0.4) is 0 Å². The highest BCUT2D eigenvalue weighted by Crippen LogP contribution is 2.16. The summed E-state index contributed by atoms with van der Waals surface area (Å²) >= 11 is 0. The number of benzene rings is 1. The Labute approximate surface area is 115 Å². The first-order valence-electron chi connectivity index (χ1n) is 7.13. The number of hydrogen-bond acceptors (Lipinski definition) is 3. The van der Waals surface area contributed by atoms with Crippen LogP contribution < -0.4 is 4.74 Å². The maximum Gasteiger partial charge on any atom is 0.119 e. The molecular formula is C16H22N2O. The first kappa shape index (κ1) is 13.9. The molecule has 3 nitrogen and oxygen atoms in total. The van der Waals surface area contributed by atoms with Gasteiger partial charge in [0.25, 0.3) is 0 Å². The van der Waals surface area contributed by atoms with E-state index < -0.39 is 0 Å². The average molecular weight is 258 g/mol. The second-order valence-corrected chi connectivity index (χ2v) is 5.36. The number of nitriles is 1. The fourth-order valence-corrected chi connectivity index (χ4v) is 2.39. The quantitative estimate of drug-likeness (QED) is 0.762. The van der Waals surface area contributed by atoms with E-state index in [9.17, 15) is 0 Å². The van der Waals surface area contributed by atoms with Crippen molar-refractivity contribution in [2.45, 2.75) is 26.2 Å². The SMILES string of the molecule is CC1CCN(CCCOc2ccc(C#N)cc2)CC1. The second kappa shape index (κ2) is 7.16. The fraction of sp³-hybridized carbons (Fsp3) is 0.562. The van der Waals surface area contributed by atoms with Gasteiger partial charge in [-0.1, -0.05) is 6.92 Å². The lowest BCUT2D eigenvalue weighted by molar-refractivity contribution is 0.177. The van der Waals surface area contributed by atoms with Crippen molar-refractivity contribution < 1.29 is 4.74 Å². The predicted molar refractivity (Wildman–Crippen MR) is 76.1 cm³/mol. The van der Waals surface area contributed by atoms with Crippen molar-refractivity contribution in [3.05, 3.63) is 29.8 Å². The van der Waals surface area contributed by atoms with Crippen molar-refractivity contribution in [3.8, 4) is 11.8 Å². The lowest BCUT2D eigenvalue weighted by Gasteiger charge is -2.30. The largest absolute Gasteiger partial charge is 0.494 e. The molecule has 0 amide bonds. The molecule has 0 unspecified atom stereocenters. The molecule has 102 valence electrons. The predicted octanol–water partition coefficient (Wildman–Crippen LogP) is 3.06. The monoisotopic (exact) mass is 258 g/mol. The van der Waals surface area contributed by atoms with Crippen LogP contribution in [0.25, 0.3) is 0 Å². The van der Waals surface area contributed by atoms with Crippen LogP contribution in [-0.2, 0) is 0 Å². The summed E-state index contributed by atoms with van der Waals surface area (Å²) in [6.45, 7) is 6.68. The van der Waals surface area contributed by atoms with Gasteiger partial charge in [0, 0.05) is 6.54 Å². The molecule has 1 saturated heterocycles. The highest BCUT2D eigenvalue weighted by Gasteiger charge is 2.14. The lowest BCUT2D eigenvalue weighted by Crippen LogP contribution is -2.34. The minimum Gasteiger partial charge on any atom is -0.494 e. The number of ether oxygens (including phenoxy) is 1.